The maximum atomic E-state index is 12.7. The van der Waals surface area contributed by atoms with Crippen LogP contribution in [0.15, 0.2) is 36.7 Å². The zero-order valence-electron chi connectivity index (χ0n) is 13.2. The third-order valence-corrected chi connectivity index (χ3v) is 4.48. The Labute approximate surface area is 134 Å². The number of hydrogen-bond acceptors (Lipinski definition) is 3. The Hall–Kier alpha value is -2.69. The van der Waals surface area contributed by atoms with Crippen LogP contribution in [-0.4, -0.2) is 20.3 Å². The van der Waals surface area contributed by atoms with E-state index < -0.39 is 0 Å². The van der Waals surface area contributed by atoms with Gasteiger partial charge < -0.3 is 5.32 Å². The number of rotatable bonds is 2. The number of amides is 1. The predicted octanol–water partition coefficient (Wildman–Crippen LogP) is 2.76. The summed E-state index contributed by atoms with van der Waals surface area (Å²) in [7, 11) is 0. The zero-order chi connectivity index (χ0) is 16.0. The summed E-state index contributed by atoms with van der Waals surface area (Å²) in [5.74, 6) is -0.160. The lowest BCUT2D eigenvalue weighted by molar-refractivity contribution is 0.0933. The molecule has 1 unspecified atom stereocenters. The van der Waals surface area contributed by atoms with Gasteiger partial charge in [-0.2, -0.15) is 0 Å². The average molecular weight is 306 g/mol. The number of imidazole rings is 1. The first-order valence-corrected chi connectivity index (χ1v) is 7.83. The third-order valence-electron chi connectivity index (χ3n) is 4.48. The molecule has 0 saturated carbocycles. The average Bonchev–Trinajstić information content (AvgIpc) is 3.12. The van der Waals surface area contributed by atoms with Crippen molar-refractivity contribution in [1.29, 1.82) is 0 Å². The van der Waals surface area contributed by atoms with Crippen LogP contribution in [0.3, 0.4) is 0 Å². The molecule has 1 aliphatic carbocycles. The van der Waals surface area contributed by atoms with Crippen molar-refractivity contribution in [3.8, 4) is 0 Å². The van der Waals surface area contributed by atoms with Crippen LogP contribution in [-0.2, 0) is 6.42 Å². The van der Waals surface area contributed by atoms with E-state index in [0.717, 1.165) is 24.2 Å². The summed E-state index contributed by atoms with van der Waals surface area (Å²) in [5.41, 5.74) is 5.44. The molecule has 2 heterocycles. The highest BCUT2D eigenvalue weighted by Crippen LogP contribution is 2.31. The minimum absolute atomic E-state index is 0.0568. The molecule has 0 bridgehead atoms. The molecule has 1 N–H and O–H groups in total. The highest BCUT2D eigenvalue weighted by atomic mass is 16.2. The van der Waals surface area contributed by atoms with E-state index in [1.54, 1.807) is 6.33 Å². The summed E-state index contributed by atoms with van der Waals surface area (Å²) in [6.45, 7) is 3.91. The van der Waals surface area contributed by atoms with Gasteiger partial charge in [0.25, 0.3) is 5.91 Å². The van der Waals surface area contributed by atoms with Crippen LogP contribution in [0.1, 0.15) is 45.5 Å². The van der Waals surface area contributed by atoms with Crippen LogP contribution in [0.5, 0.6) is 0 Å². The van der Waals surface area contributed by atoms with Crippen LogP contribution < -0.4 is 5.32 Å². The molecular weight excluding hydrogens is 288 g/mol. The van der Waals surface area contributed by atoms with Gasteiger partial charge in [0.05, 0.1) is 6.04 Å². The highest BCUT2D eigenvalue weighted by molar-refractivity contribution is 5.98. The summed E-state index contributed by atoms with van der Waals surface area (Å²) in [6, 6.07) is 10.3. The van der Waals surface area contributed by atoms with E-state index in [2.05, 4.69) is 27.4 Å². The van der Waals surface area contributed by atoms with E-state index in [0.29, 0.717) is 11.3 Å². The van der Waals surface area contributed by atoms with Gasteiger partial charge in [0, 0.05) is 11.4 Å². The van der Waals surface area contributed by atoms with Crippen LogP contribution in [0.4, 0.5) is 0 Å². The molecule has 1 atom stereocenters. The fourth-order valence-corrected chi connectivity index (χ4v) is 3.37. The summed E-state index contributed by atoms with van der Waals surface area (Å²) >= 11 is 0. The lowest BCUT2D eigenvalue weighted by Gasteiger charge is -2.13. The summed E-state index contributed by atoms with van der Waals surface area (Å²) in [4.78, 5) is 21.4. The van der Waals surface area contributed by atoms with Crippen molar-refractivity contribution in [3.05, 3.63) is 64.9 Å². The maximum absolute atomic E-state index is 12.7. The Morgan fingerprint density at radius 1 is 1.30 bits per heavy atom. The Morgan fingerprint density at radius 3 is 3.00 bits per heavy atom. The van der Waals surface area contributed by atoms with Crippen molar-refractivity contribution in [2.75, 3.05) is 0 Å². The van der Waals surface area contributed by atoms with E-state index >= 15 is 0 Å². The van der Waals surface area contributed by atoms with E-state index in [4.69, 9.17) is 0 Å². The molecule has 5 heteroatoms. The van der Waals surface area contributed by atoms with E-state index in [-0.39, 0.29) is 11.9 Å². The van der Waals surface area contributed by atoms with Gasteiger partial charge in [-0.3, -0.25) is 9.20 Å². The minimum Gasteiger partial charge on any atom is -0.344 e. The molecule has 5 nitrogen and oxygen atoms in total. The number of aromatic nitrogens is 3. The molecule has 23 heavy (non-hydrogen) atoms. The monoisotopic (exact) mass is 306 g/mol. The standard InChI is InChI=1S/C18H18N4O/c1-11-9-12(2)22-10-19-16(17(22)20-11)18(23)21-15-8-7-13-5-3-4-6-14(13)15/h3-6,9-10,15H,7-8H2,1-2H3,(H,21,23). The van der Waals surface area contributed by atoms with E-state index in [9.17, 15) is 4.79 Å². The first kappa shape index (κ1) is 13.9. The third kappa shape index (κ3) is 2.29. The van der Waals surface area contributed by atoms with Crippen LogP contribution in [0, 0.1) is 13.8 Å². The van der Waals surface area contributed by atoms with Gasteiger partial charge in [0.1, 0.15) is 6.33 Å². The topological polar surface area (TPSA) is 59.3 Å². The molecule has 1 aromatic carbocycles. The van der Waals surface area contributed by atoms with Crippen LogP contribution in [0.2, 0.25) is 0 Å². The second kappa shape index (κ2) is 5.19. The molecule has 0 aliphatic heterocycles. The normalized spacial score (nSPS) is 16.5. The Kier molecular flexibility index (Phi) is 3.15. The summed E-state index contributed by atoms with van der Waals surface area (Å²) < 4.78 is 1.85. The largest absolute Gasteiger partial charge is 0.344 e. The maximum Gasteiger partial charge on any atom is 0.274 e. The SMILES string of the molecule is Cc1cc(C)n2cnc(C(=O)NC3CCc4ccccc43)c2n1. The molecule has 4 rings (SSSR count). The zero-order valence-corrected chi connectivity index (χ0v) is 13.2. The van der Waals surface area contributed by atoms with Crippen LogP contribution >= 0.6 is 0 Å². The Bertz CT molecular complexity index is 913. The van der Waals surface area contributed by atoms with Gasteiger partial charge >= 0.3 is 0 Å². The van der Waals surface area contributed by atoms with Gasteiger partial charge in [0.15, 0.2) is 11.3 Å². The molecular formula is C18H18N4O. The number of nitrogens with one attached hydrogen (secondary N) is 1. The fraction of sp³-hybridized carbons (Fsp3) is 0.278. The Balaban J connectivity index is 1.66. The number of fused-ring (bicyclic) bond motifs is 2. The lowest BCUT2D eigenvalue weighted by atomic mass is 10.1. The van der Waals surface area contributed by atoms with E-state index in [1.807, 2.05) is 36.4 Å². The lowest BCUT2D eigenvalue weighted by Crippen LogP contribution is -2.27. The number of carbonyl (C=O) groups is 1. The second-order valence-corrected chi connectivity index (χ2v) is 6.09. The summed E-state index contributed by atoms with van der Waals surface area (Å²) in [6.07, 6.45) is 3.60. The van der Waals surface area contributed by atoms with Crippen molar-refractivity contribution in [2.24, 2.45) is 0 Å². The number of benzene rings is 1. The molecule has 0 radical (unpaired) electrons. The Morgan fingerprint density at radius 2 is 2.13 bits per heavy atom. The van der Waals surface area contributed by atoms with Crippen molar-refractivity contribution in [3.63, 3.8) is 0 Å². The molecule has 1 aliphatic rings. The number of carbonyl (C=O) groups excluding carboxylic acids is 1. The molecule has 0 fully saturated rings. The smallest absolute Gasteiger partial charge is 0.274 e. The molecule has 3 aromatic rings. The van der Waals surface area contributed by atoms with Gasteiger partial charge in [-0.25, -0.2) is 9.97 Å². The number of hydrogen-bond donors (Lipinski definition) is 1. The first-order chi connectivity index (χ1) is 11.1. The fourth-order valence-electron chi connectivity index (χ4n) is 3.37. The minimum atomic E-state index is -0.160. The molecule has 1 amide bonds. The highest BCUT2D eigenvalue weighted by Gasteiger charge is 2.25. The molecule has 0 spiro atoms. The second-order valence-electron chi connectivity index (χ2n) is 6.09. The summed E-state index contributed by atoms with van der Waals surface area (Å²) in [5, 5.41) is 3.11. The van der Waals surface area contributed by atoms with Crippen molar-refractivity contribution >= 4 is 11.6 Å². The quantitative estimate of drug-likeness (QED) is 0.792. The number of aryl methyl sites for hydroxylation is 3. The van der Waals surface area contributed by atoms with E-state index in [1.165, 1.54) is 11.1 Å². The van der Waals surface area contributed by atoms with Gasteiger partial charge in [-0.1, -0.05) is 24.3 Å². The van der Waals surface area contributed by atoms with Crippen molar-refractivity contribution in [1.82, 2.24) is 19.7 Å². The van der Waals surface area contributed by atoms with Gasteiger partial charge in [-0.05, 0) is 43.9 Å². The predicted molar refractivity (Wildman–Crippen MR) is 87.4 cm³/mol. The molecule has 2 aromatic heterocycles. The molecule has 116 valence electrons. The van der Waals surface area contributed by atoms with Gasteiger partial charge in [-0.15, -0.1) is 0 Å². The van der Waals surface area contributed by atoms with Crippen molar-refractivity contribution < 1.29 is 4.79 Å². The number of nitrogens with zero attached hydrogens (tertiary/aromatic N) is 3. The molecule has 0 saturated heterocycles. The van der Waals surface area contributed by atoms with Crippen LogP contribution in [0.25, 0.3) is 5.65 Å². The van der Waals surface area contributed by atoms with Gasteiger partial charge in [0.2, 0.25) is 0 Å². The van der Waals surface area contributed by atoms with Crippen molar-refractivity contribution in [2.45, 2.75) is 32.7 Å². The first-order valence-electron chi connectivity index (χ1n) is 7.83.